The molecule has 18 heavy (non-hydrogen) atoms. The minimum Gasteiger partial charge on any atom is -0.299 e. The van der Waals surface area contributed by atoms with E-state index in [1.807, 2.05) is 0 Å². The van der Waals surface area contributed by atoms with E-state index in [4.69, 9.17) is 0 Å². The van der Waals surface area contributed by atoms with Crippen molar-refractivity contribution >= 4 is 5.78 Å². The number of carbonyl (C=O) groups is 1. The zero-order valence-corrected chi connectivity index (χ0v) is 12.8. The smallest absolute Gasteiger partial charge is 0.139 e. The molecule has 0 spiro atoms. The summed E-state index contributed by atoms with van der Waals surface area (Å²) in [7, 11) is 0. The van der Waals surface area contributed by atoms with Gasteiger partial charge in [0, 0.05) is 11.8 Å². The fourth-order valence-corrected chi connectivity index (χ4v) is 3.73. The van der Waals surface area contributed by atoms with Crippen LogP contribution in [-0.2, 0) is 4.79 Å². The standard InChI is InChI=1S/C17H32O/c1-4-7-10-15-11-12-16(18)17(15,13-8-5-2)14-9-6-3/h15H,4-14H2,1-3H3. The highest BCUT2D eigenvalue weighted by atomic mass is 16.1. The number of carbonyl (C=O) groups excluding carboxylic acids is 1. The fraction of sp³-hybridized carbons (Fsp3) is 0.941. The zero-order valence-electron chi connectivity index (χ0n) is 12.8. The fourth-order valence-electron chi connectivity index (χ4n) is 3.73. The molecule has 1 aliphatic rings. The summed E-state index contributed by atoms with van der Waals surface area (Å²) in [5.74, 6) is 1.30. The summed E-state index contributed by atoms with van der Waals surface area (Å²) in [6, 6.07) is 0. The van der Waals surface area contributed by atoms with Crippen LogP contribution < -0.4 is 0 Å². The number of unbranched alkanes of at least 4 members (excludes halogenated alkanes) is 3. The lowest BCUT2D eigenvalue weighted by Gasteiger charge is -2.34. The third-order valence-electron chi connectivity index (χ3n) is 4.92. The molecule has 1 nitrogen and oxygen atoms in total. The van der Waals surface area contributed by atoms with Gasteiger partial charge in [0.05, 0.1) is 0 Å². The maximum atomic E-state index is 12.5. The lowest BCUT2D eigenvalue weighted by atomic mass is 9.68. The first-order valence-electron chi connectivity index (χ1n) is 8.24. The largest absolute Gasteiger partial charge is 0.299 e. The maximum absolute atomic E-state index is 12.5. The molecule has 0 saturated heterocycles. The average molecular weight is 252 g/mol. The van der Waals surface area contributed by atoms with Crippen molar-refractivity contribution in [1.29, 1.82) is 0 Å². The van der Waals surface area contributed by atoms with Crippen LogP contribution in [0.1, 0.15) is 91.4 Å². The second-order valence-electron chi connectivity index (χ2n) is 6.16. The van der Waals surface area contributed by atoms with E-state index < -0.39 is 0 Å². The predicted octanol–water partition coefficient (Wildman–Crippen LogP) is 5.52. The summed E-state index contributed by atoms with van der Waals surface area (Å²) in [5.41, 5.74) is 0.0845. The molecule has 0 heterocycles. The Morgan fingerprint density at radius 1 is 1.00 bits per heavy atom. The summed E-state index contributed by atoms with van der Waals surface area (Å²) in [6.07, 6.45) is 13.1. The molecule has 0 aromatic heterocycles. The minimum absolute atomic E-state index is 0.0845. The van der Waals surface area contributed by atoms with Crippen LogP contribution in [0.4, 0.5) is 0 Å². The quantitative estimate of drug-likeness (QED) is 0.528. The van der Waals surface area contributed by atoms with E-state index in [0.717, 1.165) is 19.3 Å². The van der Waals surface area contributed by atoms with Crippen LogP contribution in [0.15, 0.2) is 0 Å². The average Bonchev–Trinajstić information content (AvgIpc) is 2.69. The first-order valence-corrected chi connectivity index (χ1v) is 8.24. The third kappa shape index (κ3) is 3.59. The Morgan fingerprint density at radius 3 is 2.06 bits per heavy atom. The molecule has 0 aromatic carbocycles. The van der Waals surface area contributed by atoms with Crippen LogP contribution in [0.2, 0.25) is 0 Å². The minimum atomic E-state index is 0.0845. The maximum Gasteiger partial charge on any atom is 0.139 e. The lowest BCUT2D eigenvalue weighted by Crippen LogP contribution is -2.32. The second kappa shape index (κ2) is 7.96. The number of rotatable bonds is 9. The topological polar surface area (TPSA) is 17.1 Å². The molecule has 1 unspecified atom stereocenters. The Labute approximate surface area is 114 Å². The highest BCUT2D eigenvalue weighted by Gasteiger charge is 2.47. The van der Waals surface area contributed by atoms with Crippen molar-refractivity contribution in [1.82, 2.24) is 0 Å². The molecule has 106 valence electrons. The summed E-state index contributed by atoms with van der Waals surface area (Å²) in [4.78, 5) is 12.5. The van der Waals surface area contributed by atoms with Crippen LogP contribution in [0, 0.1) is 11.3 Å². The summed E-state index contributed by atoms with van der Waals surface area (Å²) >= 11 is 0. The van der Waals surface area contributed by atoms with Gasteiger partial charge in [0.2, 0.25) is 0 Å². The van der Waals surface area contributed by atoms with Gasteiger partial charge >= 0.3 is 0 Å². The molecule has 1 fully saturated rings. The van der Waals surface area contributed by atoms with E-state index in [2.05, 4.69) is 20.8 Å². The van der Waals surface area contributed by atoms with Gasteiger partial charge in [-0.1, -0.05) is 59.3 Å². The molecular weight excluding hydrogens is 220 g/mol. The van der Waals surface area contributed by atoms with Gasteiger partial charge in [-0.3, -0.25) is 4.79 Å². The Hall–Kier alpha value is -0.330. The van der Waals surface area contributed by atoms with E-state index in [1.165, 1.54) is 51.4 Å². The third-order valence-corrected chi connectivity index (χ3v) is 4.92. The van der Waals surface area contributed by atoms with E-state index >= 15 is 0 Å². The zero-order chi connectivity index (χ0) is 13.4. The molecule has 0 bridgehead atoms. The lowest BCUT2D eigenvalue weighted by molar-refractivity contribution is -0.128. The van der Waals surface area contributed by atoms with Crippen LogP contribution >= 0.6 is 0 Å². The Bertz CT molecular complexity index is 236. The Kier molecular flexibility index (Phi) is 6.96. The van der Waals surface area contributed by atoms with Crippen molar-refractivity contribution in [3.63, 3.8) is 0 Å². The summed E-state index contributed by atoms with van der Waals surface area (Å²) < 4.78 is 0. The second-order valence-corrected chi connectivity index (χ2v) is 6.16. The molecular formula is C17H32O. The van der Waals surface area contributed by atoms with Gasteiger partial charge in [-0.05, 0) is 31.6 Å². The van der Waals surface area contributed by atoms with Gasteiger partial charge < -0.3 is 0 Å². The highest BCUT2D eigenvalue weighted by Crippen LogP contribution is 2.50. The van der Waals surface area contributed by atoms with Gasteiger partial charge in [-0.2, -0.15) is 0 Å². The normalized spacial score (nSPS) is 22.6. The molecule has 1 rings (SSSR count). The van der Waals surface area contributed by atoms with E-state index in [9.17, 15) is 4.79 Å². The number of hydrogen-bond acceptors (Lipinski definition) is 1. The first-order chi connectivity index (χ1) is 8.71. The molecule has 1 aliphatic carbocycles. The number of Topliss-reactive ketones (excluding diaryl/α,β-unsaturated/α-hetero) is 1. The van der Waals surface area contributed by atoms with Crippen molar-refractivity contribution in [2.45, 2.75) is 91.4 Å². The highest BCUT2D eigenvalue weighted by molar-refractivity contribution is 5.87. The molecule has 0 N–H and O–H groups in total. The number of hydrogen-bond donors (Lipinski definition) is 0. The molecule has 1 heteroatoms. The molecule has 0 aromatic rings. The summed E-state index contributed by atoms with van der Waals surface area (Å²) in [6.45, 7) is 6.75. The molecule has 1 saturated carbocycles. The van der Waals surface area contributed by atoms with Gasteiger partial charge in [0.25, 0.3) is 0 Å². The van der Waals surface area contributed by atoms with Gasteiger partial charge in [-0.25, -0.2) is 0 Å². The van der Waals surface area contributed by atoms with E-state index in [0.29, 0.717) is 11.7 Å². The number of ketones is 1. The van der Waals surface area contributed by atoms with Crippen LogP contribution in [-0.4, -0.2) is 5.78 Å². The molecule has 0 aliphatic heterocycles. The SMILES string of the molecule is CCCCC1CCC(=O)C1(CCCC)CCCC. The van der Waals surface area contributed by atoms with Crippen molar-refractivity contribution in [2.75, 3.05) is 0 Å². The first kappa shape index (κ1) is 15.7. The molecule has 1 atom stereocenters. The van der Waals surface area contributed by atoms with Crippen LogP contribution in [0.25, 0.3) is 0 Å². The predicted molar refractivity (Wildman–Crippen MR) is 78.7 cm³/mol. The van der Waals surface area contributed by atoms with Crippen LogP contribution in [0.3, 0.4) is 0 Å². The van der Waals surface area contributed by atoms with Crippen molar-refractivity contribution < 1.29 is 4.79 Å². The van der Waals surface area contributed by atoms with Crippen molar-refractivity contribution in [3.8, 4) is 0 Å². The van der Waals surface area contributed by atoms with Crippen LogP contribution in [0.5, 0.6) is 0 Å². The van der Waals surface area contributed by atoms with Gasteiger partial charge in [0.15, 0.2) is 0 Å². The molecule has 0 amide bonds. The monoisotopic (exact) mass is 252 g/mol. The summed E-state index contributed by atoms with van der Waals surface area (Å²) in [5, 5.41) is 0. The van der Waals surface area contributed by atoms with E-state index in [-0.39, 0.29) is 5.41 Å². The van der Waals surface area contributed by atoms with E-state index in [1.54, 1.807) is 0 Å². The van der Waals surface area contributed by atoms with Gasteiger partial charge in [0.1, 0.15) is 5.78 Å². The van der Waals surface area contributed by atoms with Crippen molar-refractivity contribution in [3.05, 3.63) is 0 Å². The van der Waals surface area contributed by atoms with Gasteiger partial charge in [-0.15, -0.1) is 0 Å². The van der Waals surface area contributed by atoms with Crippen molar-refractivity contribution in [2.24, 2.45) is 11.3 Å². The Balaban J connectivity index is 2.75. The Morgan fingerprint density at radius 2 is 1.56 bits per heavy atom. The molecule has 0 radical (unpaired) electrons.